The van der Waals surface area contributed by atoms with Crippen LogP contribution in [-0.2, 0) is 6.61 Å². The maximum atomic E-state index is 13.5. The highest BCUT2D eigenvalue weighted by Crippen LogP contribution is 2.43. The van der Waals surface area contributed by atoms with Crippen molar-refractivity contribution in [1.82, 2.24) is 0 Å². The van der Waals surface area contributed by atoms with Crippen LogP contribution in [0.15, 0.2) is 97.1 Å². The summed E-state index contributed by atoms with van der Waals surface area (Å²) in [6, 6.07) is 29.5. The van der Waals surface area contributed by atoms with Crippen LogP contribution < -0.4 is 9.47 Å². The summed E-state index contributed by atoms with van der Waals surface area (Å²) in [4.78, 5) is 0. The topological polar surface area (TPSA) is 18.5 Å². The van der Waals surface area contributed by atoms with Crippen LogP contribution in [0.5, 0.6) is 11.5 Å². The molecule has 192 valence electrons. The summed E-state index contributed by atoms with van der Waals surface area (Å²) < 4.78 is 51.3. The molecule has 0 bridgehead atoms. The molecule has 2 nitrogen and oxygen atoms in total. The predicted octanol–water partition coefficient (Wildman–Crippen LogP) is 9.79. The van der Waals surface area contributed by atoms with E-state index in [9.17, 15) is 13.2 Å². The maximum Gasteiger partial charge on any atom is 0.573 e. The molecule has 0 saturated heterocycles. The molecule has 0 radical (unpaired) electrons. The van der Waals surface area contributed by atoms with Crippen LogP contribution in [0.2, 0.25) is 0 Å². The fourth-order valence-corrected chi connectivity index (χ4v) is 4.62. The van der Waals surface area contributed by atoms with Crippen molar-refractivity contribution in [2.24, 2.45) is 0 Å². The average molecular weight is 505 g/mol. The quantitative estimate of drug-likeness (QED) is 0.214. The van der Waals surface area contributed by atoms with Crippen LogP contribution in [0.1, 0.15) is 50.2 Å². The summed E-state index contributed by atoms with van der Waals surface area (Å²) >= 11 is 0. The van der Waals surface area contributed by atoms with Crippen molar-refractivity contribution in [3.63, 3.8) is 0 Å². The number of benzene rings is 4. The Morgan fingerprint density at radius 3 is 1.73 bits per heavy atom. The second kappa shape index (κ2) is 12.0. The van der Waals surface area contributed by atoms with Gasteiger partial charge in [-0.3, -0.25) is 0 Å². The van der Waals surface area contributed by atoms with Crippen molar-refractivity contribution in [2.75, 3.05) is 0 Å². The third kappa shape index (κ3) is 6.94. The Balaban J connectivity index is 1.70. The summed E-state index contributed by atoms with van der Waals surface area (Å²) in [5.41, 5.74) is 4.02. The minimum Gasteiger partial charge on any atom is -0.489 e. The molecule has 0 aromatic heterocycles. The molecule has 0 saturated carbocycles. The Kier molecular flexibility index (Phi) is 8.54. The summed E-state index contributed by atoms with van der Waals surface area (Å²) in [5, 5.41) is 0. The van der Waals surface area contributed by atoms with Gasteiger partial charge in [-0.15, -0.1) is 13.2 Å². The van der Waals surface area contributed by atoms with Gasteiger partial charge in [-0.25, -0.2) is 0 Å². The number of hydrogen-bond acceptors (Lipinski definition) is 2. The highest BCUT2D eigenvalue weighted by Gasteiger charge is 2.34. The van der Waals surface area contributed by atoms with Crippen LogP contribution in [0.25, 0.3) is 22.3 Å². The van der Waals surface area contributed by atoms with Crippen molar-refractivity contribution >= 4 is 0 Å². The van der Waals surface area contributed by atoms with E-state index in [-0.39, 0.29) is 12.4 Å². The van der Waals surface area contributed by atoms with E-state index >= 15 is 0 Å². The Morgan fingerprint density at radius 2 is 1.27 bits per heavy atom. The molecule has 1 unspecified atom stereocenters. The molecule has 4 aromatic rings. The molecule has 37 heavy (non-hydrogen) atoms. The van der Waals surface area contributed by atoms with E-state index in [1.807, 2.05) is 24.3 Å². The minimum absolute atomic E-state index is 0.206. The van der Waals surface area contributed by atoms with Gasteiger partial charge in [-0.2, -0.15) is 0 Å². The molecule has 0 heterocycles. The van der Waals surface area contributed by atoms with Crippen LogP contribution in [0, 0.1) is 0 Å². The van der Waals surface area contributed by atoms with E-state index < -0.39 is 6.36 Å². The zero-order chi connectivity index (χ0) is 26.3. The lowest BCUT2D eigenvalue weighted by Crippen LogP contribution is -2.18. The van der Waals surface area contributed by atoms with Crippen LogP contribution in [0.4, 0.5) is 13.2 Å². The van der Waals surface area contributed by atoms with Crippen LogP contribution in [0.3, 0.4) is 0 Å². The largest absolute Gasteiger partial charge is 0.573 e. The Hall–Kier alpha value is -3.73. The highest BCUT2D eigenvalue weighted by atomic mass is 19.4. The lowest BCUT2D eigenvalue weighted by Gasteiger charge is -2.20. The zero-order valence-electron chi connectivity index (χ0n) is 21.1. The van der Waals surface area contributed by atoms with Gasteiger partial charge in [0.15, 0.2) is 0 Å². The average Bonchev–Trinajstić information content (AvgIpc) is 2.91. The second-order valence-electron chi connectivity index (χ2n) is 9.05. The first-order valence-electron chi connectivity index (χ1n) is 12.6. The zero-order valence-corrected chi connectivity index (χ0v) is 21.1. The number of alkyl halides is 3. The van der Waals surface area contributed by atoms with Gasteiger partial charge >= 0.3 is 6.36 Å². The van der Waals surface area contributed by atoms with Crippen molar-refractivity contribution in [3.8, 4) is 33.8 Å². The van der Waals surface area contributed by atoms with Crippen molar-refractivity contribution < 1.29 is 22.6 Å². The molecular weight excluding hydrogens is 473 g/mol. The summed E-state index contributed by atoms with van der Waals surface area (Å²) in [6.07, 6.45) is -1.46. The molecule has 0 spiro atoms. The van der Waals surface area contributed by atoms with Gasteiger partial charge in [-0.05, 0) is 65.3 Å². The monoisotopic (exact) mass is 504 g/mol. The van der Waals surface area contributed by atoms with E-state index in [1.165, 1.54) is 5.56 Å². The van der Waals surface area contributed by atoms with E-state index in [1.54, 1.807) is 60.7 Å². The van der Waals surface area contributed by atoms with Gasteiger partial charge in [0.25, 0.3) is 0 Å². The molecule has 0 fully saturated rings. The first-order chi connectivity index (χ1) is 17.9. The fourth-order valence-electron chi connectivity index (χ4n) is 4.62. The van der Waals surface area contributed by atoms with Crippen molar-refractivity contribution in [2.45, 2.75) is 52.0 Å². The Labute approximate surface area is 216 Å². The smallest absolute Gasteiger partial charge is 0.489 e. The van der Waals surface area contributed by atoms with Gasteiger partial charge < -0.3 is 9.47 Å². The van der Waals surface area contributed by atoms with Crippen molar-refractivity contribution in [1.29, 1.82) is 0 Å². The minimum atomic E-state index is -4.83. The molecular formula is C32H31F3O2. The van der Waals surface area contributed by atoms with Gasteiger partial charge in [0.05, 0.1) is 0 Å². The number of ether oxygens (including phenoxy) is 2. The Morgan fingerprint density at radius 1 is 0.730 bits per heavy atom. The maximum absolute atomic E-state index is 13.5. The van der Waals surface area contributed by atoms with Crippen LogP contribution >= 0.6 is 0 Å². The van der Waals surface area contributed by atoms with Crippen LogP contribution in [-0.4, -0.2) is 6.36 Å². The lowest BCUT2D eigenvalue weighted by molar-refractivity contribution is -0.274. The SMILES string of the molecule is CCCC(CC)c1ccc(OCc2cc(-c3ccccc3)c(OC(F)(F)F)c(-c3ccccc3)c2)cc1. The van der Waals surface area contributed by atoms with Gasteiger partial charge in [0.1, 0.15) is 18.1 Å². The standard InChI is InChI=1S/C32H31F3O2/c1-3-11-24(4-2)25-16-18-28(19-17-25)36-22-23-20-29(26-12-7-5-8-13-26)31(37-32(33,34)35)30(21-23)27-14-9-6-10-15-27/h5-10,12-21,24H,3-4,11,22H2,1-2H3. The number of rotatable bonds is 10. The van der Waals surface area contributed by atoms with Gasteiger partial charge in [0, 0.05) is 11.1 Å². The molecule has 0 N–H and O–H groups in total. The normalized spacial score (nSPS) is 12.2. The van der Waals surface area contributed by atoms with E-state index in [0.717, 1.165) is 24.8 Å². The Bertz CT molecular complexity index is 1210. The molecule has 1 atom stereocenters. The van der Waals surface area contributed by atoms with Crippen molar-refractivity contribution in [3.05, 3.63) is 108 Å². The lowest BCUT2D eigenvalue weighted by atomic mass is 9.92. The van der Waals surface area contributed by atoms with E-state index in [4.69, 9.17) is 4.74 Å². The molecule has 4 rings (SSSR count). The molecule has 5 heteroatoms. The van der Waals surface area contributed by atoms with Gasteiger partial charge in [-0.1, -0.05) is 93.1 Å². The molecule has 0 aliphatic rings. The first kappa shape index (κ1) is 26.3. The second-order valence-corrected chi connectivity index (χ2v) is 9.05. The highest BCUT2D eigenvalue weighted by molar-refractivity contribution is 5.83. The number of halogens is 3. The fraction of sp³-hybridized carbons (Fsp3) is 0.250. The molecule has 0 amide bonds. The third-order valence-electron chi connectivity index (χ3n) is 6.42. The third-order valence-corrected chi connectivity index (χ3v) is 6.42. The number of hydrogen-bond donors (Lipinski definition) is 0. The summed E-state index contributed by atoms with van der Waals surface area (Å²) in [7, 11) is 0. The molecule has 4 aromatic carbocycles. The van der Waals surface area contributed by atoms with Gasteiger partial charge in [0.2, 0.25) is 0 Å². The van der Waals surface area contributed by atoms with E-state index in [2.05, 4.69) is 30.7 Å². The molecule has 0 aliphatic carbocycles. The molecule has 0 aliphatic heterocycles. The first-order valence-corrected chi connectivity index (χ1v) is 12.6. The van der Waals surface area contributed by atoms with E-state index in [0.29, 0.717) is 33.9 Å². The summed E-state index contributed by atoms with van der Waals surface area (Å²) in [5.74, 6) is 1.02. The summed E-state index contributed by atoms with van der Waals surface area (Å²) in [6.45, 7) is 4.60. The predicted molar refractivity (Wildman–Crippen MR) is 143 cm³/mol.